The van der Waals surface area contributed by atoms with Gasteiger partial charge in [-0.1, -0.05) is 17.3 Å². The van der Waals surface area contributed by atoms with Crippen molar-refractivity contribution in [3.05, 3.63) is 47.5 Å². The first-order chi connectivity index (χ1) is 12.5. The molecule has 1 aliphatic rings. The molecular formula is C18H27Cl2FN6O. The first kappa shape index (κ1) is 24.3. The predicted molar refractivity (Wildman–Crippen MR) is 111 cm³/mol. The Labute approximate surface area is 176 Å². The number of piperidine rings is 1. The summed E-state index contributed by atoms with van der Waals surface area (Å²) in [5, 5.41) is 14.3. The summed E-state index contributed by atoms with van der Waals surface area (Å²) >= 11 is 0. The summed E-state index contributed by atoms with van der Waals surface area (Å²) in [4.78, 5) is 14.4. The van der Waals surface area contributed by atoms with Gasteiger partial charge in [-0.25, -0.2) is 9.07 Å². The zero-order valence-corrected chi connectivity index (χ0v) is 17.6. The highest BCUT2D eigenvalue weighted by Gasteiger charge is 2.20. The topological polar surface area (TPSA) is 75.1 Å². The van der Waals surface area contributed by atoms with E-state index in [-0.39, 0.29) is 48.6 Å². The molecule has 0 saturated carbocycles. The summed E-state index contributed by atoms with van der Waals surface area (Å²) < 4.78 is 15.3. The first-order valence-electron chi connectivity index (χ1n) is 8.87. The Balaban J connectivity index is 0.00000196. The maximum Gasteiger partial charge on any atom is 0.273 e. The fourth-order valence-corrected chi connectivity index (χ4v) is 3.22. The summed E-state index contributed by atoms with van der Waals surface area (Å²) in [5.41, 5.74) is 1.12. The molecule has 1 atom stereocenters. The number of amides is 1. The Bertz CT molecular complexity index is 751. The number of carbonyl (C=O) groups excluding carboxylic acids is 1. The molecule has 2 N–H and O–H groups in total. The number of hydrogen-bond donors (Lipinski definition) is 2. The monoisotopic (exact) mass is 432 g/mol. The number of nitrogens with zero attached hydrogens (tertiary/aromatic N) is 4. The highest BCUT2D eigenvalue weighted by Crippen LogP contribution is 2.19. The van der Waals surface area contributed by atoms with E-state index >= 15 is 0 Å². The lowest BCUT2D eigenvalue weighted by atomic mass is 10.1. The van der Waals surface area contributed by atoms with Crippen LogP contribution in [0.1, 0.15) is 41.0 Å². The van der Waals surface area contributed by atoms with Gasteiger partial charge in [-0.05, 0) is 57.7 Å². The molecule has 0 radical (unpaired) electrons. The largest absolute Gasteiger partial charge is 0.349 e. The molecule has 10 heteroatoms. The Kier molecular flexibility index (Phi) is 9.81. The lowest BCUT2D eigenvalue weighted by molar-refractivity contribution is 0.0937. The van der Waals surface area contributed by atoms with Gasteiger partial charge < -0.3 is 15.5 Å². The average Bonchev–Trinajstić information content (AvgIpc) is 3.12. The molecule has 7 nitrogen and oxygen atoms in total. The zero-order chi connectivity index (χ0) is 18.5. The van der Waals surface area contributed by atoms with Crippen LogP contribution in [0.3, 0.4) is 0 Å². The van der Waals surface area contributed by atoms with E-state index in [1.165, 1.54) is 12.1 Å². The van der Waals surface area contributed by atoms with Crippen molar-refractivity contribution in [1.82, 2.24) is 30.5 Å². The van der Waals surface area contributed by atoms with Crippen LogP contribution in [0.15, 0.2) is 30.5 Å². The normalized spacial score (nSPS) is 15.4. The second kappa shape index (κ2) is 11.3. The van der Waals surface area contributed by atoms with Crippen molar-refractivity contribution in [1.29, 1.82) is 0 Å². The van der Waals surface area contributed by atoms with Crippen molar-refractivity contribution in [2.24, 2.45) is 0 Å². The van der Waals surface area contributed by atoms with Gasteiger partial charge in [0.25, 0.3) is 5.91 Å². The van der Waals surface area contributed by atoms with Gasteiger partial charge in [-0.2, -0.15) is 0 Å². The van der Waals surface area contributed by atoms with Crippen LogP contribution in [0.5, 0.6) is 0 Å². The molecule has 0 aliphatic carbocycles. The molecule has 2 aromatic rings. The number of aromatic nitrogens is 3. The molecule has 0 spiro atoms. The van der Waals surface area contributed by atoms with E-state index in [4.69, 9.17) is 0 Å². The maximum absolute atomic E-state index is 13.5. The van der Waals surface area contributed by atoms with Crippen LogP contribution >= 0.6 is 24.8 Å². The van der Waals surface area contributed by atoms with Crippen molar-refractivity contribution in [2.75, 3.05) is 33.7 Å². The number of rotatable bonds is 6. The summed E-state index contributed by atoms with van der Waals surface area (Å²) in [6.07, 6.45) is 3.66. The van der Waals surface area contributed by atoms with Crippen LogP contribution in [0.4, 0.5) is 4.39 Å². The lowest BCUT2D eigenvalue weighted by Gasteiger charge is -2.25. The van der Waals surface area contributed by atoms with Crippen molar-refractivity contribution >= 4 is 30.7 Å². The molecule has 1 amide bonds. The quantitative estimate of drug-likeness (QED) is 0.731. The van der Waals surface area contributed by atoms with Crippen molar-refractivity contribution in [2.45, 2.75) is 24.9 Å². The molecule has 1 aliphatic heterocycles. The first-order valence-corrected chi connectivity index (χ1v) is 8.87. The third kappa shape index (κ3) is 6.13. The Morgan fingerprint density at radius 2 is 2.07 bits per heavy atom. The maximum atomic E-state index is 13.5. The van der Waals surface area contributed by atoms with Crippen LogP contribution in [0.25, 0.3) is 0 Å². The number of halogens is 3. The highest BCUT2D eigenvalue weighted by atomic mass is 35.5. The Morgan fingerprint density at radius 3 is 2.71 bits per heavy atom. The third-order valence-corrected chi connectivity index (χ3v) is 4.74. The van der Waals surface area contributed by atoms with Gasteiger partial charge in [0, 0.05) is 6.54 Å². The van der Waals surface area contributed by atoms with E-state index in [9.17, 15) is 9.18 Å². The minimum Gasteiger partial charge on any atom is -0.349 e. The Hall–Kier alpha value is -1.74. The number of nitrogens with one attached hydrogen (secondary N) is 2. The average molecular weight is 433 g/mol. The molecule has 1 saturated heterocycles. The van der Waals surface area contributed by atoms with E-state index in [0.29, 0.717) is 12.2 Å². The molecule has 2 heterocycles. The Morgan fingerprint density at radius 1 is 1.36 bits per heavy atom. The number of benzene rings is 1. The van der Waals surface area contributed by atoms with Crippen LogP contribution in [-0.4, -0.2) is 59.5 Å². The van der Waals surface area contributed by atoms with Crippen LogP contribution in [-0.2, 0) is 0 Å². The van der Waals surface area contributed by atoms with E-state index in [1.54, 1.807) is 16.9 Å². The summed E-state index contributed by atoms with van der Waals surface area (Å²) in [7, 11) is 3.80. The van der Waals surface area contributed by atoms with Crippen LogP contribution < -0.4 is 10.6 Å². The highest BCUT2D eigenvalue weighted by molar-refractivity contribution is 5.91. The number of carbonyl (C=O) groups is 1. The predicted octanol–water partition coefficient (Wildman–Crippen LogP) is 2.22. The van der Waals surface area contributed by atoms with E-state index < -0.39 is 0 Å². The van der Waals surface area contributed by atoms with Crippen molar-refractivity contribution < 1.29 is 9.18 Å². The van der Waals surface area contributed by atoms with Gasteiger partial charge in [0.2, 0.25) is 0 Å². The van der Waals surface area contributed by atoms with Crippen molar-refractivity contribution in [3.8, 4) is 0 Å². The van der Waals surface area contributed by atoms with Crippen LogP contribution in [0.2, 0.25) is 0 Å². The molecule has 1 unspecified atom stereocenters. The van der Waals surface area contributed by atoms with E-state index in [1.807, 2.05) is 25.1 Å². The smallest absolute Gasteiger partial charge is 0.273 e. The van der Waals surface area contributed by atoms with Gasteiger partial charge in [-0.15, -0.1) is 29.9 Å². The minimum atomic E-state index is -0.286. The van der Waals surface area contributed by atoms with Gasteiger partial charge in [-0.3, -0.25) is 4.79 Å². The number of hydrogen-bond acceptors (Lipinski definition) is 5. The molecule has 156 valence electrons. The van der Waals surface area contributed by atoms with Gasteiger partial charge in [0.05, 0.1) is 18.3 Å². The molecule has 1 aromatic carbocycles. The fourth-order valence-electron chi connectivity index (χ4n) is 3.22. The molecule has 28 heavy (non-hydrogen) atoms. The van der Waals surface area contributed by atoms with Crippen LogP contribution in [0, 0.1) is 5.82 Å². The molecular weight excluding hydrogens is 406 g/mol. The van der Waals surface area contributed by atoms with Gasteiger partial charge in [0.1, 0.15) is 5.82 Å². The second-order valence-electron chi connectivity index (χ2n) is 6.81. The molecule has 0 bridgehead atoms. The van der Waals surface area contributed by atoms with E-state index in [2.05, 4.69) is 20.9 Å². The second-order valence-corrected chi connectivity index (χ2v) is 6.81. The van der Waals surface area contributed by atoms with Gasteiger partial charge >= 0.3 is 0 Å². The summed E-state index contributed by atoms with van der Waals surface area (Å²) in [6.45, 7) is 2.25. The molecule has 1 aromatic heterocycles. The van der Waals surface area contributed by atoms with E-state index in [0.717, 1.165) is 31.5 Å². The lowest BCUT2D eigenvalue weighted by Crippen LogP contribution is -2.34. The van der Waals surface area contributed by atoms with Crippen molar-refractivity contribution in [3.63, 3.8) is 0 Å². The summed E-state index contributed by atoms with van der Waals surface area (Å²) in [6, 6.07) is 6.58. The zero-order valence-electron chi connectivity index (χ0n) is 16.0. The minimum absolute atomic E-state index is 0. The molecule has 1 fully saturated rings. The third-order valence-electron chi connectivity index (χ3n) is 4.74. The molecule has 3 rings (SSSR count). The fraction of sp³-hybridized carbons (Fsp3) is 0.500. The van der Waals surface area contributed by atoms with Gasteiger partial charge in [0.15, 0.2) is 5.69 Å². The number of likely N-dealkylation sites (N-methyl/N-ethyl adjacent to an activating group) is 1. The standard InChI is InChI=1S/C18H25FN6O.2ClH/c1-24(2)17(13-4-3-5-14(19)10-13)11-21-18(26)16-12-25(23-22-16)15-6-8-20-9-7-15;;/h3-5,10,12,15,17,20H,6-9,11H2,1-2H3,(H,21,26);2*1H. The SMILES string of the molecule is CN(C)C(CNC(=O)c1cn(C2CCNCC2)nn1)c1cccc(F)c1.Cl.Cl. The summed E-state index contributed by atoms with van der Waals surface area (Å²) in [5.74, 6) is -0.556.